The molecule has 16 heavy (non-hydrogen) atoms. The van der Waals surface area contributed by atoms with Crippen molar-refractivity contribution in [3.63, 3.8) is 0 Å². The second-order valence-electron chi connectivity index (χ2n) is 4.80. The van der Waals surface area contributed by atoms with Gasteiger partial charge in [0.05, 0.1) is 0 Å². The SMILES string of the molecule is CC1CCN(C/C=C/c2ccccc2)CC1. The Morgan fingerprint density at radius 3 is 2.56 bits per heavy atom. The molecular weight excluding hydrogens is 194 g/mol. The molecule has 1 heterocycles. The first-order valence-electron chi connectivity index (χ1n) is 6.28. The van der Waals surface area contributed by atoms with Gasteiger partial charge in [-0.3, -0.25) is 4.90 Å². The van der Waals surface area contributed by atoms with E-state index in [1.807, 2.05) is 0 Å². The van der Waals surface area contributed by atoms with Crippen LogP contribution in [0.2, 0.25) is 0 Å². The highest BCUT2D eigenvalue weighted by Crippen LogP contribution is 2.15. The lowest BCUT2D eigenvalue weighted by atomic mass is 9.99. The van der Waals surface area contributed by atoms with Crippen LogP contribution in [-0.2, 0) is 0 Å². The second kappa shape index (κ2) is 5.86. The Bertz CT molecular complexity index is 321. The van der Waals surface area contributed by atoms with E-state index in [0.717, 1.165) is 12.5 Å². The monoisotopic (exact) mass is 215 g/mol. The number of nitrogens with zero attached hydrogens (tertiary/aromatic N) is 1. The minimum Gasteiger partial charge on any atom is -0.300 e. The first-order chi connectivity index (χ1) is 7.84. The third-order valence-corrected chi connectivity index (χ3v) is 3.35. The van der Waals surface area contributed by atoms with Crippen LogP contribution in [0.1, 0.15) is 25.3 Å². The predicted octanol–water partition coefficient (Wildman–Crippen LogP) is 3.43. The van der Waals surface area contributed by atoms with E-state index < -0.39 is 0 Å². The van der Waals surface area contributed by atoms with Crippen molar-refractivity contribution in [2.75, 3.05) is 19.6 Å². The van der Waals surface area contributed by atoms with E-state index in [2.05, 4.69) is 54.3 Å². The van der Waals surface area contributed by atoms with Gasteiger partial charge in [-0.1, -0.05) is 49.4 Å². The summed E-state index contributed by atoms with van der Waals surface area (Å²) in [4.78, 5) is 2.54. The molecule has 0 bridgehead atoms. The topological polar surface area (TPSA) is 3.24 Å². The molecule has 0 saturated carbocycles. The van der Waals surface area contributed by atoms with Crippen LogP contribution in [0.4, 0.5) is 0 Å². The van der Waals surface area contributed by atoms with Gasteiger partial charge in [0.1, 0.15) is 0 Å². The number of rotatable bonds is 3. The third kappa shape index (κ3) is 3.49. The van der Waals surface area contributed by atoms with Gasteiger partial charge in [0, 0.05) is 6.54 Å². The molecule has 86 valence electrons. The number of piperidine rings is 1. The van der Waals surface area contributed by atoms with Crippen molar-refractivity contribution < 1.29 is 0 Å². The minimum absolute atomic E-state index is 0.925. The maximum atomic E-state index is 2.54. The maximum absolute atomic E-state index is 2.54. The predicted molar refractivity (Wildman–Crippen MR) is 70.3 cm³/mol. The Labute approximate surface area is 98.8 Å². The van der Waals surface area contributed by atoms with Gasteiger partial charge in [-0.2, -0.15) is 0 Å². The molecule has 1 fully saturated rings. The summed E-state index contributed by atoms with van der Waals surface area (Å²) in [5.41, 5.74) is 1.30. The van der Waals surface area contributed by atoms with Crippen LogP contribution in [0.5, 0.6) is 0 Å². The van der Waals surface area contributed by atoms with Crippen LogP contribution < -0.4 is 0 Å². The molecule has 0 atom stereocenters. The smallest absolute Gasteiger partial charge is 0.0166 e. The lowest BCUT2D eigenvalue weighted by Gasteiger charge is -2.29. The van der Waals surface area contributed by atoms with Gasteiger partial charge >= 0.3 is 0 Å². The normalized spacial score (nSPS) is 19.3. The Balaban J connectivity index is 1.77. The summed E-state index contributed by atoms with van der Waals surface area (Å²) >= 11 is 0. The van der Waals surface area contributed by atoms with Crippen LogP contribution in [0, 0.1) is 5.92 Å². The molecule has 0 spiro atoms. The summed E-state index contributed by atoms with van der Waals surface area (Å²) in [7, 11) is 0. The summed E-state index contributed by atoms with van der Waals surface area (Å²) in [5.74, 6) is 0.925. The standard InChI is InChI=1S/C15H21N/c1-14-9-12-16(13-10-14)11-5-8-15-6-3-2-4-7-15/h2-8,14H,9-13H2,1H3/b8-5+. The molecule has 0 N–H and O–H groups in total. The number of hydrogen-bond acceptors (Lipinski definition) is 1. The van der Waals surface area contributed by atoms with Gasteiger partial charge in [-0.15, -0.1) is 0 Å². The van der Waals surface area contributed by atoms with Gasteiger partial charge in [0.15, 0.2) is 0 Å². The van der Waals surface area contributed by atoms with Crippen molar-refractivity contribution in [2.24, 2.45) is 5.92 Å². The van der Waals surface area contributed by atoms with Gasteiger partial charge in [-0.25, -0.2) is 0 Å². The van der Waals surface area contributed by atoms with Crippen molar-refractivity contribution in [1.29, 1.82) is 0 Å². The summed E-state index contributed by atoms with van der Waals surface area (Å²) in [5, 5.41) is 0. The van der Waals surface area contributed by atoms with Crippen LogP contribution >= 0.6 is 0 Å². The summed E-state index contributed by atoms with van der Waals surface area (Å²) in [6.07, 6.45) is 7.22. The van der Waals surface area contributed by atoms with Crippen molar-refractivity contribution in [3.8, 4) is 0 Å². The Kier molecular flexibility index (Phi) is 4.17. The highest BCUT2D eigenvalue weighted by atomic mass is 15.1. The molecule has 0 aliphatic carbocycles. The number of benzene rings is 1. The molecule has 0 amide bonds. The van der Waals surface area contributed by atoms with Gasteiger partial charge < -0.3 is 0 Å². The van der Waals surface area contributed by atoms with Crippen LogP contribution in [0.15, 0.2) is 36.4 Å². The fourth-order valence-corrected chi connectivity index (χ4v) is 2.15. The largest absolute Gasteiger partial charge is 0.300 e. The maximum Gasteiger partial charge on any atom is 0.0166 e. The van der Waals surface area contributed by atoms with E-state index >= 15 is 0 Å². The molecule has 2 rings (SSSR count). The number of likely N-dealkylation sites (tertiary alicyclic amines) is 1. The highest BCUT2D eigenvalue weighted by Gasteiger charge is 2.13. The van der Waals surface area contributed by atoms with E-state index in [1.54, 1.807) is 0 Å². The summed E-state index contributed by atoms with van der Waals surface area (Å²) in [6.45, 7) is 5.99. The molecular formula is C15H21N. The second-order valence-corrected chi connectivity index (χ2v) is 4.80. The average Bonchev–Trinajstić information content (AvgIpc) is 2.33. The zero-order valence-corrected chi connectivity index (χ0v) is 10.1. The average molecular weight is 215 g/mol. The zero-order chi connectivity index (χ0) is 11.2. The molecule has 1 aromatic rings. The van der Waals surface area contributed by atoms with Gasteiger partial charge in [-0.05, 0) is 37.4 Å². The molecule has 1 aromatic carbocycles. The van der Waals surface area contributed by atoms with E-state index in [4.69, 9.17) is 0 Å². The molecule has 1 aliphatic heterocycles. The first-order valence-corrected chi connectivity index (χ1v) is 6.28. The fourth-order valence-electron chi connectivity index (χ4n) is 2.15. The third-order valence-electron chi connectivity index (χ3n) is 3.35. The van der Waals surface area contributed by atoms with Gasteiger partial charge in [0.25, 0.3) is 0 Å². The first kappa shape index (κ1) is 11.4. The molecule has 0 radical (unpaired) electrons. The Hall–Kier alpha value is -1.08. The summed E-state index contributed by atoms with van der Waals surface area (Å²) in [6, 6.07) is 10.5. The fraction of sp³-hybridized carbons (Fsp3) is 0.467. The van der Waals surface area contributed by atoms with E-state index in [9.17, 15) is 0 Å². The molecule has 1 saturated heterocycles. The summed E-state index contributed by atoms with van der Waals surface area (Å²) < 4.78 is 0. The lowest BCUT2D eigenvalue weighted by Crippen LogP contribution is -2.32. The Morgan fingerprint density at radius 1 is 1.19 bits per heavy atom. The lowest BCUT2D eigenvalue weighted by molar-refractivity contribution is 0.210. The highest BCUT2D eigenvalue weighted by molar-refractivity contribution is 5.48. The molecule has 0 aromatic heterocycles. The molecule has 0 unspecified atom stereocenters. The molecule has 1 nitrogen and oxygen atoms in total. The van der Waals surface area contributed by atoms with E-state index in [0.29, 0.717) is 0 Å². The van der Waals surface area contributed by atoms with Gasteiger partial charge in [0.2, 0.25) is 0 Å². The van der Waals surface area contributed by atoms with Crippen LogP contribution in [-0.4, -0.2) is 24.5 Å². The van der Waals surface area contributed by atoms with Crippen LogP contribution in [0.3, 0.4) is 0 Å². The van der Waals surface area contributed by atoms with Crippen LogP contribution in [0.25, 0.3) is 6.08 Å². The van der Waals surface area contributed by atoms with Crippen molar-refractivity contribution in [1.82, 2.24) is 4.90 Å². The zero-order valence-electron chi connectivity index (χ0n) is 10.1. The quantitative estimate of drug-likeness (QED) is 0.746. The van der Waals surface area contributed by atoms with Crippen molar-refractivity contribution in [3.05, 3.63) is 42.0 Å². The number of hydrogen-bond donors (Lipinski definition) is 0. The van der Waals surface area contributed by atoms with Crippen molar-refractivity contribution >= 4 is 6.08 Å². The van der Waals surface area contributed by atoms with Crippen molar-refractivity contribution in [2.45, 2.75) is 19.8 Å². The molecule has 1 heteroatoms. The molecule has 1 aliphatic rings. The van der Waals surface area contributed by atoms with E-state index in [-0.39, 0.29) is 0 Å². The Morgan fingerprint density at radius 2 is 1.88 bits per heavy atom. The minimum atomic E-state index is 0.925. The van der Waals surface area contributed by atoms with E-state index in [1.165, 1.54) is 31.5 Å².